The molecular formula is C17H17ClN2O6. The molecule has 0 aliphatic rings. The molecule has 0 aliphatic carbocycles. The smallest absolute Gasteiger partial charge is 0.273 e. The Morgan fingerprint density at radius 2 is 2.04 bits per heavy atom. The number of carbonyl (C=O) groups excluding carboxylic acids is 1. The van der Waals surface area contributed by atoms with Gasteiger partial charge in [-0.2, -0.15) is 0 Å². The van der Waals surface area contributed by atoms with Crippen LogP contribution in [0.2, 0.25) is 5.02 Å². The van der Waals surface area contributed by atoms with Crippen molar-refractivity contribution in [1.82, 2.24) is 0 Å². The SMILES string of the molecule is CCOCCOc1cc([N+](=O)[O-])ccc1NC(=O)c1cc(Cl)ccc1O. The first kappa shape index (κ1) is 19.5. The van der Waals surface area contributed by atoms with E-state index in [9.17, 15) is 20.0 Å². The maximum absolute atomic E-state index is 12.4. The lowest BCUT2D eigenvalue weighted by molar-refractivity contribution is -0.384. The van der Waals surface area contributed by atoms with E-state index in [0.29, 0.717) is 13.2 Å². The second kappa shape index (κ2) is 9.02. The molecule has 26 heavy (non-hydrogen) atoms. The number of hydrogen-bond donors (Lipinski definition) is 2. The Balaban J connectivity index is 2.24. The molecule has 1 amide bonds. The van der Waals surface area contributed by atoms with Crippen molar-refractivity contribution in [2.45, 2.75) is 6.92 Å². The minimum absolute atomic E-state index is 0.0314. The molecule has 0 aliphatic heterocycles. The van der Waals surface area contributed by atoms with E-state index >= 15 is 0 Å². The molecule has 2 aromatic carbocycles. The van der Waals surface area contributed by atoms with Crippen LogP contribution in [0.4, 0.5) is 11.4 Å². The standard InChI is InChI=1S/C17H17ClN2O6/c1-2-25-7-8-26-16-10-12(20(23)24)4-5-14(16)19-17(22)13-9-11(18)3-6-15(13)21/h3-6,9-10,21H,2,7-8H2,1H3,(H,19,22). The van der Waals surface area contributed by atoms with Crippen molar-refractivity contribution in [2.75, 3.05) is 25.1 Å². The maximum Gasteiger partial charge on any atom is 0.273 e. The van der Waals surface area contributed by atoms with Gasteiger partial charge < -0.3 is 19.9 Å². The topological polar surface area (TPSA) is 111 Å². The number of nitrogens with zero attached hydrogens (tertiary/aromatic N) is 1. The second-order valence-corrected chi connectivity index (χ2v) is 5.53. The van der Waals surface area contributed by atoms with E-state index < -0.39 is 10.8 Å². The molecule has 0 bridgehead atoms. The summed E-state index contributed by atoms with van der Waals surface area (Å²) in [5, 5.41) is 23.6. The number of benzene rings is 2. The van der Waals surface area contributed by atoms with Gasteiger partial charge in [-0.05, 0) is 31.2 Å². The third-order valence-electron chi connectivity index (χ3n) is 3.32. The zero-order valence-electron chi connectivity index (χ0n) is 13.9. The highest BCUT2D eigenvalue weighted by atomic mass is 35.5. The maximum atomic E-state index is 12.4. The highest BCUT2D eigenvalue weighted by molar-refractivity contribution is 6.31. The van der Waals surface area contributed by atoms with Crippen molar-refractivity contribution in [2.24, 2.45) is 0 Å². The van der Waals surface area contributed by atoms with Gasteiger partial charge in [-0.3, -0.25) is 14.9 Å². The fourth-order valence-corrected chi connectivity index (χ4v) is 2.25. The third kappa shape index (κ3) is 5.08. The average molecular weight is 381 g/mol. The van der Waals surface area contributed by atoms with Gasteiger partial charge in [0.15, 0.2) is 0 Å². The van der Waals surface area contributed by atoms with E-state index in [1.807, 2.05) is 6.92 Å². The highest BCUT2D eigenvalue weighted by Crippen LogP contribution is 2.31. The van der Waals surface area contributed by atoms with Crippen LogP contribution >= 0.6 is 11.6 Å². The van der Waals surface area contributed by atoms with Crippen molar-refractivity contribution < 1.29 is 24.3 Å². The van der Waals surface area contributed by atoms with Gasteiger partial charge in [0.2, 0.25) is 0 Å². The Labute approximate surface area is 154 Å². The van der Waals surface area contributed by atoms with Crippen molar-refractivity contribution in [3.8, 4) is 11.5 Å². The Morgan fingerprint density at radius 1 is 1.27 bits per heavy atom. The van der Waals surface area contributed by atoms with E-state index in [1.54, 1.807) is 0 Å². The summed E-state index contributed by atoms with van der Waals surface area (Å²) < 4.78 is 10.6. The molecule has 0 heterocycles. The average Bonchev–Trinajstić information content (AvgIpc) is 2.61. The quantitative estimate of drug-likeness (QED) is 0.411. The van der Waals surface area contributed by atoms with E-state index in [0.717, 1.165) is 0 Å². The third-order valence-corrected chi connectivity index (χ3v) is 3.55. The van der Waals surface area contributed by atoms with Crippen LogP contribution in [0.5, 0.6) is 11.5 Å². The molecule has 2 N–H and O–H groups in total. The summed E-state index contributed by atoms with van der Waals surface area (Å²) in [5.41, 5.74) is 0.00704. The summed E-state index contributed by atoms with van der Waals surface area (Å²) in [7, 11) is 0. The lowest BCUT2D eigenvalue weighted by Gasteiger charge is -2.13. The molecule has 0 aromatic heterocycles. The molecule has 138 valence electrons. The molecule has 0 atom stereocenters. The van der Waals surface area contributed by atoms with Gasteiger partial charge in [0, 0.05) is 17.7 Å². The Bertz CT molecular complexity index is 812. The highest BCUT2D eigenvalue weighted by Gasteiger charge is 2.17. The molecule has 0 spiro atoms. The van der Waals surface area contributed by atoms with E-state index in [2.05, 4.69) is 5.32 Å². The number of amides is 1. The van der Waals surface area contributed by atoms with Gasteiger partial charge in [0.1, 0.15) is 18.1 Å². The number of nitro groups is 1. The normalized spacial score (nSPS) is 10.4. The van der Waals surface area contributed by atoms with Gasteiger partial charge in [-0.1, -0.05) is 11.6 Å². The van der Waals surface area contributed by atoms with Crippen LogP contribution in [-0.2, 0) is 4.74 Å². The predicted molar refractivity (Wildman–Crippen MR) is 96.2 cm³/mol. The zero-order chi connectivity index (χ0) is 19.1. The Hall–Kier alpha value is -2.84. The number of carbonyl (C=O) groups is 1. The first-order valence-electron chi connectivity index (χ1n) is 7.71. The first-order chi connectivity index (χ1) is 12.4. The van der Waals surface area contributed by atoms with Gasteiger partial charge in [0.25, 0.3) is 11.6 Å². The number of nitrogens with one attached hydrogen (secondary N) is 1. The van der Waals surface area contributed by atoms with Crippen LogP contribution in [0.25, 0.3) is 0 Å². The number of ether oxygens (including phenoxy) is 2. The first-order valence-corrected chi connectivity index (χ1v) is 8.09. The van der Waals surface area contributed by atoms with Crippen LogP contribution in [0.15, 0.2) is 36.4 Å². The lowest BCUT2D eigenvalue weighted by Crippen LogP contribution is -2.14. The molecule has 9 heteroatoms. The molecule has 0 radical (unpaired) electrons. The van der Waals surface area contributed by atoms with Gasteiger partial charge >= 0.3 is 0 Å². The van der Waals surface area contributed by atoms with Crippen LogP contribution in [0.1, 0.15) is 17.3 Å². The molecule has 8 nitrogen and oxygen atoms in total. The summed E-state index contributed by atoms with van der Waals surface area (Å²) in [5.74, 6) is -0.755. The summed E-state index contributed by atoms with van der Waals surface area (Å²) >= 11 is 5.84. The van der Waals surface area contributed by atoms with Gasteiger partial charge in [0.05, 0.1) is 28.8 Å². The number of hydrogen-bond acceptors (Lipinski definition) is 6. The molecule has 0 saturated carbocycles. The number of rotatable bonds is 8. The minimum Gasteiger partial charge on any atom is -0.507 e. The number of phenols is 1. The molecule has 2 aromatic rings. The minimum atomic E-state index is -0.631. The summed E-state index contributed by atoms with van der Waals surface area (Å²) in [6.07, 6.45) is 0. The summed E-state index contributed by atoms with van der Waals surface area (Å²) in [6, 6.07) is 7.86. The van der Waals surface area contributed by atoms with Crippen molar-refractivity contribution in [3.63, 3.8) is 0 Å². The lowest BCUT2D eigenvalue weighted by atomic mass is 10.1. The van der Waals surface area contributed by atoms with Gasteiger partial charge in [-0.15, -0.1) is 0 Å². The largest absolute Gasteiger partial charge is 0.507 e. The predicted octanol–water partition coefficient (Wildman–Crippen LogP) is 3.62. The number of halogens is 1. The Morgan fingerprint density at radius 3 is 2.73 bits per heavy atom. The van der Waals surface area contributed by atoms with E-state index in [-0.39, 0.29) is 40.1 Å². The summed E-state index contributed by atoms with van der Waals surface area (Å²) in [6.45, 7) is 2.79. The monoisotopic (exact) mass is 380 g/mol. The van der Waals surface area contributed by atoms with Crippen LogP contribution in [0.3, 0.4) is 0 Å². The molecule has 0 saturated heterocycles. The number of nitro benzene ring substituents is 1. The zero-order valence-corrected chi connectivity index (χ0v) is 14.7. The van der Waals surface area contributed by atoms with Crippen molar-refractivity contribution >= 4 is 28.9 Å². The molecule has 0 unspecified atom stereocenters. The summed E-state index contributed by atoms with van der Waals surface area (Å²) in [4.78, 5) is 22.8. The van der Waals surface area contributed by atoms with Gasteiger partial charge in [-0.25, -0.2) is 0 Å². The molecular weight excluding hydrogens is 364 g/mol. The van der Waals surface area contributed by atoms with Crippen LogP contribution in [0, 0.1) is 10.1 Å². The number of anilines is 1. The Kier molecular flexibility index (Phi) is 6.76. The molecule has 0 fully saturated rings. The van der Waals surface area contributed by atoms with Crippen molar-refractivity contribution in [3.05, 3.63) is 57.1 Å². The van der Waals surface area contributed by atoms with Crippen LogP contribution < -0.4 is 10.1 Å². The van der Waals surface area contributed by atoms with Crippen molar-refractivity contribution in [1.29, 1.82) is 0 Å². The van der Waals surface area contributed by atoms with E-state index in [4.69, 9.17) is 21.1 Å². The number of non-ortho nitro benzene ring substituents is 1. The fourth-order valence-electron chi connectivity index (χ4n) is 2.08. The second-order valence-electron chi connectivity index (χ2n) is 5.10. The molecule has 2 rings (SSSR count). The van der Waals surface area contributed by atoms with Crippen LogP contribution in [-0.4, -0.2) is 35.8 Å². The fraction of sp³-hybridized carbons (Fsp3) is 0.235. The van der Waals surface area contributed by atoms with E-state index in [1.165, 1.54) is 36.4 Å². The number of phenolic OH excluding ortho intramolecular Hbond substituents is 1. The number of aromatic hydroxyl groups is 1.